The lowest BCUT2D eigenvalue weighted by Gasteiger charge is -2.32. The number of rotatable bonds is 16. The van der Waals surface area contributed by atoms with Gasteiger partial charge in [-0.15, -0.1) is 0 Å². The van der Waals surface area contributed by atoms with E-state index < -0.39 is 0 Å². The van der Waals surface area contributed by atoms with E-state index in [1.54, 1.807) is 6.08 Å². The highest BCUT2D eigenvalue weighted by atomic mass is 16.5. The molecule has 0 fully saturated rings. The molecule has 0 spiro atoms. The molecule has 0 saturated heterocycles. The van der Waals surface area contributed by atoms with E-state index in [1.807, 2.05) is 19.1 Å². The van der Waals surface area contributed by atoms with E-state index in [0.29, 0.717) is 13.0 Å². The number of ether oxygens (including phenoxy) is 2. The molecular formula is C32H50O4. The predicted molar refractivity (Wildman–Crippen MR) is 151 cm³/mol. The van der Waals surface area contributed by atoms with Crippen molar-refractivity contribution in [2.45, 2.75) is 112 Å². The average Bonchev–Trinajstić information content (AvgIpc) is 2.81. The van der Waals surface area contributed by atoms with Gasteiger partial charge in [0.15, 0.2) is 0 Å². The SMILES string of the molecule is COC(=O)CCCCCCCCCCOC(=O)/C=C(C)/C=C/C=C(C)/C=C/C1=C(C)CCCC1(C)C. The number of allylic oxidation sites excluding steroid dienone is 9. The van der Waals surface area contributed by atoms with Crippen molar-refractivity contribution >= 4 is 11.9 Å². The van der Waals surface area contributed by atoms with Gasteiger partial charge in [-0.2, -0.15) is 0 Å². The third-order valence-corrected chi connectivity index (χ3v) is 6.87. The Bertz CT molecular complexity index is 836. The van der Waals surface area contributed by atoms with Gasteiger partial charge >= 0.3 is 11.9 Å². The number of hydrogen-bond acceptors (Lipinski definition) is 4. The van der Waals surface area contributed by atoms with Crippen molar-refractivity contribution < 1.29 is 19.1 Å². The van der Waals surface area contributed by atoms with Crippen LogP contribution in [-0.4, -0.2) is 25.7 Å². The van der Waals surface area contributed by atoms with Crippen molar-refractivity contribution in [1.82, 2.24) is 0 Å². The Morgan fingerprint density at radius 3 is 2.19 bits per heavy atom. The van der Waals surface area contributed by atoms with Crippen LogP contribution in [0.2, 0.25) is 0 Å². The second-order valence-electron chi connectivity index (χ2n) is 10.7. The van der Waals surface area contributed by atoms with Crippen molar-refractivity contribution in [1.29, 1.82) is 0 Å². The number of hydrogen-bond donors (Lipinski definition) is 0. The van der Waals surface area contributed by atoms with Crippen molar-refractivity contribution in [3.05, 3.63) is 58.7 Å². The average molecular weight is 499 g/mol. The summed E-state index contributed by atoms with van der Waals surface area (Å²) in [5.41, 5.74) is 5.29. The molecule has 0 aromatic carbocycles. The van der Waals surface area contributed by atoms with Crippen LogP contribution < -0.4 is 0 Å². The fourth-order valence-electron chi connectivity index (χ4n) is 4.61. The minimum absolute atomic E-state index is 0.118. The zero-order chi connectivity index (χ0) is 26.8. The van der Waals surface area contributed by atoms with Crippen LogP contribution in [0.4, 0.5) is 0 Å². The Kier molecular flexibility index (Phi) is 15.8. The molecule has 0 aromatic rings. The van der Waals surface area contributed by atoms with Gasteiger partial charge in [-0.3, -0.25) is 4.79 Å². The lowest BCUT2D eigenvalue weighted by molar-refractivity contribution is -0.141. The van der Waals surface area contributed by atoms with Gasteiger partial charge in [0.1, 0.15) is 0 Å². The number of carbonyl (C=O) groups is 2. The Hall–Kier alpha value is -2.36. The summed E-state index contributed by atoms with van der Waals surface area (Å²) in [6.45, 7) is 11.4. The molecule has 0 aliphatic heterocycles. The summed E-state index contributed by atoms with van der Waals surface area (Å²) in [7, 11) is 1.44. The van der Waals surface area contributed by atoms with Crippen LogP contribution >= 0.6 is 0 Å². The van der Waals surface area contributed by atoms with Crippen LogP contribution in [0, 0.1) is 5.41 Å². The van der Waals surface area contributed by atoms with Crippen LogP contribution in [-0.2, 0) is 19.1 Å². The van der Waals surface area contributed by atoms with Gasteiger partial charge in [-0.05, 0) is 69.4 Å². The van der Waals surface area contributed by atoms with Gasteiger partial charge in [0.2, 0.25) is 0 Å². The molecule has 4 nitrogen and oxygen atoms in total. The molecule has 1 aliphatic rings. The summed E-state index contributed by atoms with van der Waals surface area (Å²) in [5, 5.41) is 0. The van der Waals surface area contributed by atoms with E-state index in [1.165, 1.54) is 55.9 Å². The van der Waals surface area contributed by atoms with E-state index in [0.717, 1.165) is 44.1 Å². The van der Waals surface area contributed by atoms with Crippen LogP contribution in [0.15, 0.2) is 58.7 Å². The molecular weight excluding hydrogens is 448 g/mol. The summed E-state index contributed by atoms with van der Waals surface area (Å²) < 4.78 is 9.99. The molecule has 0 bridgehead atoms. The molecule has 0 saturated carbocycles. The summed E-state index contributed by atoms with van der Waals surface area (Å²) in [4.78, 5) is 23.1. The Balaban J connectivity index is 2.23. The Labute approximate surface area is 220 Å². The topological polar surface area (TPSA) is 52.6 Å². The molecule has 0 aromatic heterocycles. The maximum absolute atomic E-state index is 12.0. The number of unbranched alkanes of at least 4 members (excludes halogenated alkanes) is 7. The van der Waals surface area contributed by atoms with Crippen LogP contribution in [0.1, 0.15) is 112 Å². The van der Waals surface area contributed by atoms with Crippen molar-refractivity contribution in [2.75, 3.05) is 13.7 Å². The third kappa shape index (κ3) is 14.3. The number of carbonyl (C=O) groups excluding carboxylic acids is 2. The highest BCUT2D eigenvalue weighted by Crippen LogP contribution is 2.40. The van der Waals surface area contributed by atoms with Crippen LogP contribution in [0.3, 0.4) is 0 Å². The summed E-state index contributed by atoms with van der Waals surface area (Å²) in [6.07, 6.45) is 24.9. The van der Waals surface area contributed by atoms with Crippen molar-refractivity contribution in [2.24, 2.45) is 5.41 Å². The first-order valence-corrected chi connectivity index (χ1v) is 13.8. The largest absolute Gasteiger partial charge is 0.469 e. The molecule has 202 valence electrons. The van der Waals surface area contributed by atoms with E-state index in [9.17, 15) is 9.59 Å². The number of methoxy groups -OCH3 is 1. The van der Waals surface area contributed by atoms with Gasteiger partial charge in [0.05, 0.1) is 13.7 Å². The highest BCUT2D eigenvalue weighted by Gasteiger charge is 2.26. The predicted octanol–water partition coefficient (Wildman–Crippen LogP) is 8.75. The monoisotopic (exact) mass is 498 g/mol. The zero-order valence-corrected chi connectivity index (χ0v) is 23.8. The molecule has 0 N–H and O–H groups in total. The summed E-state index contributed by atoms with van der Waals surface area (Å²) in [5.74, 6) is -0.391. The van der Waals surface area contributed by atoms with Gasteiger partial charge < -0.3 is 9.47 Å². The van der Waals surface area contributed by atoms with E-state index in [2.05, 4.69) is 50.7 Å². The molecule has 4 heteroatoms. The zero-order valence-electron chi connectivity index (χ0n) is 23.8. The fourth-order valence-corrected chi connectivity index (χ4v) is 4.61. The molecule has 1 aliphatic carbocycles. The summed E-state index contributed by atoms with van der Waals surface area (Å²) in [6, 6.07) is 0. The summed E-state index contributed by atoms with van der Waals surface area (Å²) >= 11 is 0. The Morgan fingerprint density at radius 1 is 0.917 bits per heavy atom. The first-order valence-electron chi connectivity index (χ1n) is 13.8. The van der Waals surface area contributed by atoms with Gasteiger partial charge in [-0.25, -0.2) is 4.79 Å². The lowest BCUT2D eigenvalue weighted by Crippen LogP contribution is -2.19. The fraction of sp³-hybridized carbons (Fsp3) is 0.625. The van der Waals surface area contributed by atoms with Crippen LogP contribution in [0.5, 0.6) is 0 Å². The van der Waals surface area contributed by atoms with Gasteiger partial charge in [0.25, 0.3) is 0 Å². The van der Waals surface area contributed by atoms with Gasteiger partial charge in [0, 0.05) is 12.5 Å². The highest BCUT2D eigenvalue weighted by molar-refractivity contribution is 5.83. The smallest absolute Gasteiger partial charge is 0.331 e. The normalized spacial score (nSPS) is 16.7. The standard InChI is InChI=1S/C32H50O4/c1-26(21-22-29-28(3)19-16-23-32(29,4)5)17-15-18-27(2)25-31(34)36-24-14-12-10-8-7-9-11-13-20-30(33)35-6/h15,17-18,21-22,25H,7-14,16,19-20,23-24H2,1-6H3/b18-15+,22-21+,26-17+,27-25+. The van der Waals surface area contributed by atoms with Crippen LogP contribution in [0.25, 0.3) is 0 Å². The molecule has 0 amide bonds. The van der Waals surface area contributed by atoms with E-state index in [-0.39, 0.29) is 17.4 Å². The molecule has 0 unspecified atom stereocenters. The minimum atomic E-state index is -0.273. The maximum Gasteiger partial charge on any atom is 0.331 e. The number of esters is 2. The second kappa shape index (κ2) is 18.0. The molecule has 36 heavy (non-hydrogen) atoms. The van der Waals surface area contributed by atoms with Gasteiger partial charge in [-0.1, -0.05) is 93.9 Å². The second-order valence-corrected chi connectivity index (χ2v) is 10.7. The van der Waals surface area contributed by atoms with Crippen molar-refractivity contribution in [3.63, 3.8) is 0 Å². The van der Waals surface area contributed by atoms with Crippen molar-refractivity contribution in [3.8, 4) is 0 Å². The molecule has 0 heterocycles. The first-order chi connectivity index (χ1) is 17.2. The molecule has 0 radical (unpaired) electrons. The first kappa shape index (κ1) is 31.7. The minimum Gasteiger partial charge on any atom is -0.469 e. The third-order valence-electron chi connectivity index (χ3n) is 6.87. The Morgan fingerprint density at radius 2 is 1.56 bits per heavy atom. The van der Waals surface area contributed by atoms with E-state index in [4.69, 9.17) is 4.74 Å². The lowest BCUT2D eigenvalue weighted by atomic mass is 9.72. The molecule has 0 atom stereocenters. The maximum atomic E-state index is 12.0. The molecule has 1 rings (SSSR count). The van der Waals surface area contributed by atoms with E-state index >= 15 is 0 Å². The quantitative estimate of drug-likeness (QED) is 0.0923.